The summed E-state index contributed by atoms with van der Waals surface area (Å²) in [5.41, 5.74) is 14.1. The van der Waals surface area contributed by atoms with Gasteiger partial charge >= 0.3 is 0 Å². The van der Waals surface area contributed by atoms with Crippen molar-refractivity contribution < 1.29 is 4.42 Å². The zero-order valence-corrected chi connectivity index (χ0v) is 24.8. The third-order valence-corrected chi connectivity index (χ3v) is 10.0. The molecule has 2 aliphatic heterocycles. The van der Waals surface area contributed by atoms with E-state index in [2.05, 4.69) is 154 Å². The van der Waals surface area contributed by atoms with Crippen LogP contribution in [-0.2, 0) is 0 Å². The average molecular weight is 589 g/mol. The van der Waals surface area contributed by atoms with Crippen molar-refractivity contribution in [3.63, 3.8) is 0 Å². The summed E-state index contributed by atoms with van der Waals surface area (Å²) in [6.07, 6.45) is 6.82. The molecule has 0 spiro atoms. The van der Waals surface area contributed by atoms with Crippen LogP contribution in [0, 0.1) is 0 Å². The summed E-state index contributed by atoms with van der Waals surface area (Å²) in [6, 6.07) is 48.1. The molecule has 1 aliphatic carbocycles. The number of rotatable bonds is 2. The first-order valence-electron chi connectivity index (χ1n) is 15.8. The maximum Gasteiger partial charge on any atom is 0.235 e. The monoisotopic (exact) mass is 588 g/mol. The maximum atomic E-state index is 6.20. The molecule has 0 saturated carbocycles. The number of aromatic nitrogens is 1. The van der Waals surface area contributed by atoms with Gasteiger partial charge in [-0.3, -0.25) is 0 Å². The number of hydrogen-bond acceptors (Lipinski definition) is 2. The third kappa shape index (κ3) is 3.01. The van der Waals surface area contributed by atoms with Crippen LogP contribution in [0.4, 0.5) is 22.7 Å². The molecule has 4 nitrogen and oxygen atoms in total. The highest BCUT2D eigenvalue weighted by atomic mass is 16.3. The number of allylic oxidation sites excluding steroid dienone is 2. The fraction of sp³-hybridized carbons (Fsp3) is 0.0238. The Bertz CT molecular complexity index is 2700. The molecular weight excluding hydrogens is 562 g/mol. The Labute approximate surface area is 264 Å². The second kappa shape index (κ2) is 8.74. The van der Waals surface area contributed by atoms with E-state index in [0.29, 0.717) is 0 Å². The summed E-state index contributed by atoms with van der Waals surface area (Å²) in [5.74, 6) is 0. The van der Waals surface area contributed by atoms with Crippen molar-refractivity contribution in [1.29, 1.82) is 0 Å². The topological polar surface area (TPSA) is 24.3 Å². The number of anilines is 2. The van der Waals surface area contributed by atoms with Crippen LogP contribution in [0.15, 0.2) is 156 Å². The smallest absolute Gasteiger partial charge is 0.235 e. The number of furan rings is 1. The summed E-state index contributed by atoms with van der Waals surface area (Å²) in [6.45, 7) is 0. The quantitative estimate of drug-likeness (QED) is 0.188. The Morgan fingerprint density at radius 2 is 1.41 bits per heavy atom. The predicted molar refractivity (Wildman–Crippen MR) is 190 cm³/mol. The van der Waals surface area contributed by atoms with Crippen LogP contribution in [0.3, 0.4) is 0 Å². The molecule has 1 atom stereocenters. The number of nitrogens with zero attached hydrogens (tertiary/aromatic N) is 3. The molecule has 0 fully saturated rings. The standard InChI is InChI=1S/C42H26N3O/c1-2-11-26(12-3-1)43-34-17-7-8-18-35(34)45-41-29(15-10-19-37(41)43)30-22-23-36-40(42(30)45)31-14-4-6-16-33(31)44(36)27-21-24-39-32(25-27)28-13-5-9-20-38(28)46-39/h1-25,41H/q+1. The Morgan fingerprint density at radius 1 is 0.630 bits per heavy atom. The van der Waals surface area contributed by atoms with Crippen molar-refractivity contribution in [2.75, 3.05) is 4.90 Å². The van der Waals surface area contributed by atoms with Gasteiger partial charge in [0, 0.05) is 57.1 Å². The summed E-state index contributed by atoms with van der Waals surface area (Å²) in [7, 11) is 0. The first kappa shape index (κ1) is 24.2. The van der Waals surface area contributed by atoms with Gasteiger partial charge in [-0.15, -0.1) is 0 Å². The molecule has 1 unspecified atom stereocenters. The van der Waals surface area contributed by atoms with Crippen LogP contribution in [0.1, 0.15) is 5.56 Å². The van der Waals surface area contributed by atoms with Gasteiger partial charge < -0.3 is 13.9 Å². The van der Waals surface area contributed by atoms with Crippen LogP contribution in [0.5, 0.6) is 0 Å². The lowest BCUT2D eigenvalue weighted by atomic mass is 9.92. The lowest BCUT2D eigenvalue weighted by Gasteiger charge is -2.33. The molecule has 3 aliphatic rings. The zero-order valence-electron chi connectivity index (χ0n) is 24.8. The van der Waals surface area contributed by atoms with Crippen LogP contribution >= 0.6 is 0 Å². The number of benzene rings is 6. The van der Waals surface area contributed by atoms with E-state index in [4.69, 9.17) is 4.42 Å². The lowest BCUT2D eigenvalue weighted by Crippen LogP contribution is -2.43. The van der Waals surface area contributed by atoms with Gasteiger partial charge in [0.1, 0.15) is 22.9 Å². The summed E-state index contributed by atoms with van der Waals surface area (Å²) in [4.78, 5) is 2.60. The molecule has 46 heavy (non-hydrogen) atoms. The molecular formula is C42H26N3O+. The van der Waals surface area contributed by atoms with E-state index in [-0.39, 0.29) is 6.04 Å². The molecule has 8 aromatic rings. The van der Waals surface area contributed by atoms with E-state index >= 15 is 0 Å². The van der Waals surface area contributed by atoms with Crippen molar-refractivity contribution in [3.05, 3.63) is 157 Å². The summed E-state index contributed by atoms with van der Waals surface area (Å²) in [5, 5.41) is 4.80. The van der Waals surface area contributed by atoms with Crippen molar-refractivity contribution in [1.82, 2.24) is 9.14 Å². The van der Waals surface area contributed by atoms with Gasteiger partial charge in [-0.2, -0.15) is 4.58 Å². The normalized spacial score (nSPS) is 16.4. The molecule has 6 aromatic carbocycles. The van der Waals surface area contributed by atoms with E-state index in [9.17, 15) is 0 Å². The van der Waals surface area contributed by atoms with E-state index in [1.807, 2.05) is 12.1 Å². The van der Waals surface area contributed by atoms with Gasteiger partial charge in [0.25, 0.3) is 0 Å². The van der Waals surface area contributed by atoms with E-state index in [1.165, 1.54) is 61.4 Å². The molecule has 11 rings (SSSR count). The first-order chi connectivity index (χ1) is 22.8. The fourth-order valence-electron chi connectivity index (χ4n) is 8.20. The third-order valence-electron chi connectivity index (χ3n) is 10.0. The molecule has 4 heteroatoms. The number of fused-ring (bicyclic) bond motifs is 12. The molecule has 2 aromatic heterocycles. The largest absolute Gasteiger partial charge is 0.456 e. The van der Waals surface area contributed by atoms with Crippen molar-refractivity contribution >= 4 is 77.8 Å². The SMILES string of the molecule is C1=CC2=[N+](c3ccccc3)c3ccccc3N3c4c(ccc5c4c4ccccc4n5-c4ccc5oc6ccccc6c5c4)C(=C1)C23. The fourth-order valence-corrected chi connectivity index (χ4v) is 8.20. The van der Waals surface area contributed by atoms with Crippen molar-refractivity contribution in [2.45, 2.75) is 6.04 Å². The van der Waals surface area contributed by atoms with Gasteiger partial charge in [0.05, 0.1) is 16.7 Å². The second-order valence-electron chi connectivity index (χ2n) is 12.3. The van der Waals surface area contributed by atoms with Gasteiger partial charge in [-0.1, -0.05) is 84.9 Å². The van der Waals surface area contributed by atoms with E-state index in [1.54, 1.807) is 0 Å². The molecule has 0 N–H and O–H groups in total. The van der Waals surface area contributed by atoms with E-state index < -0.39 is 0 Å². The number of para-hydroxylation sites is 5. The lowest BCUT2D eigenvalue weighted by molar-refractivity contribution is 0.669. The van der Waals surface area contributed by atoms with Crippen molar-refractivity contribution in [2.24, 2.45) is 0 Å². The average Bonchev–Trinajstić information content (AvgIpc) is 3.77. The van der Waals surface area contributed by atoms with Crippen molar-refractivity contribution in [3.8, 4) is 5.69 Å². The van der Waals surface area contributed by atoms with Gasteiger partial charge in [-0.05, 0) is 48.0 Å². The Kier molecular flexibility index (Phi) is 4.60. The molecule has 4 heterocycles. The molecule has 214 valence electrons. The Morgan fingerprint density at radius 3 is 2.35 bits per heavy atom. The molecule has 0 saturated heterocycles. The highest BCUT2D eigenvalue weighted by molar-refractivity contribution is 6.27. The first-order valence-corrected chi connectivity index (χ1v) is 15.8. The molecule has 0 amide bonds. The Hall–Kier alpha value is -6.13. The minimum absolute atomic E-state index is 0.0801. The minimum atomic E-state index is 0.0801. The highest BCUT2D eigenvalue weighted by Gasteiger charge is 2.49. The van der Waals surface area contributed by atoms with Crippen LogP contribution in [-0.4, -0.2) is 16.3 Å². The maximum absolute atomic E-state index is 6.20. The minimum Gasteiger partial charge on any atom is -0.456 e. The molecule has 0 bridgehead atoms. The Balaban J connectivity index is 1.23. The highest BCUT2D eigenvalue weighted by Crippen LogP contribution is 2.56. The molecule has 0 radical (unpaired) electrons. The zero-order chi connectivity index (χ0) is 29.9. The van der Waals surface area contributed by atoms with Gasteiger partial charge in [0.15, 0.2) is 0 Å². The second-order valence-corrected chi connectivity index (χ2v) is 12.3. The van der Waals surface area contributed by atoms with Crippen LogP contribution in [0.25, 0.3) is 55.0 Å². The van der Waals surface area contributed by atoms with Crippen LogP contribution < -0.4 is 9.48 Å². The van der Waals surface area contributed by atoms with Gasteiger partial charge in [0.2, 0.25) is 17.1 Å². The predicted octanol–water partition coefficient (Wildman–Crippen LogP) is 10.4. The van der Waals surface area contributed by atoms with E-state index in [0.717, 1.165) is 27.6 Å². The van der Waals surface area contributed by atoms with Gasteiger partial charge in [-0.25, -0.2) is 0 Å². The number of hydrogen-bond donors (Lipinski definition) is 0. The van der Waals surface area contributed by atoms with Crippen LogP contribution in [0.2, 0.25) is 0 Å². The summed E-state index contributed by atoms with van der Waals surface area (Å²) < 4.78 is 11.1. The summed E-state index contributed by atoms with van der Waals surface area (Å²) >= 11 is 0.